The van der Waals surface area contributed by atoms with E-state index in [0.717, 1.165) is 0 Å². The molecule has 0 amide bonds. The van der Waals surface area contributed by atoms with E-state index >= 15 is 0 Å². The molecule has 0 aliphatic carbocycles. The van der Waals surface area contributed by atoms with E-state index < -0.39 is 6.61 Å². The molecule has 3 heterocycles. The molecule has 3 aromatic heterocycles. The van der Waals surface area contributed by atoms with Crippen LogP contribution >= 0.6 is 11.6 Å². The van der Waals surface area contributed by atoms with E-state index in [0.29, 0.717) is 17.2 Å². The third-order valence-electron chi connectivity index (χ3n) is 2.87. The van der Waals surface area contributed by atoms with Crippen molar-refractivity contribution in [2.75, 3.05) is 5.32 Å². The van der Waals surface area contributed by atoms with Crippen molar-refractivity contribution >= 4 is 23.2 Å². The highest BCUT2D eigenvalue weighted by molar-refractivity contribution is 6.29. The molecule has 7 nitrogen and oxygen atoms in total. The molecule has 0 aliphatic heterocycles. The SMILES string of the molecule is Cn1cc(-c2nc(Cl)cc(Nc3cc(OC(F)F)ccn3)n2)cn1. The number of hydrogen-bond acceptors (Lipinski definition) is 6. The molecule has 0 bridgehead atoms. The average molecular weight is 353 g/mol. The molecule has 24 heavy (non-hydrogen) atoms. The minimum atomic E-state index is -2.91. The first-order valence-electron chi connectivity index (χ1n) is 6.71. The van der Waals surface area contributed by atoms with Crippen LogP contribution in [0.15, 0.2) is 36.8 Å². The fourth-order valence-corrected chi connectivity index (χ4v) is 2.12. The molecule has 1 N–H and O–H groups in total. The highest BCUT2D eigenvalue weighted by Gasteiger charge is 2.10. The summed E-state index contributed by atoms with van der Waals surface area (Å²) in [5.41, 5.74) is 0.686. The minimum absolute atomic E-state index is 0.0184. The van der Waals surface area contributed by atoms with Gasteiger partial charge in [0, 0.05) is 31.6 Å². The van der Waals surface area contributed by atoms with Crippen molar-refractivity contribution in [2.45, 2.75) is 6.61 Å². The van der Waals surface area contributed by atoms with Gasteiger partial charge in [0.25, 0.3) is 0 Å². The van der Waals surface area contributed by atoms with Crippen LogP contribution in [0.1, 0.15) is 0 Å². The van der Waals surface area contributed by atoms with Crippen LogP contribution in [0.25, 0.3) is 11.4 Å². The van der Waals surface area contributed by atoms with E-state index in [1.54, 1.807) is 24.1 Å². The molecule has 0 radical (unpaired) electrons. The maximum Gasteiger partial charge on any atom is 0.387 e. The zero-order chi connectivity index (χ0) is 17.1. The second-order valence-corrected chi connectivity index (χ2v) is 5.07. The number of anilines is 2. The van der Waals surface area contributed by atoms with Crippen LogP contribution in [0.3, 0.4) is 0 Å². The first-order valence-corrected chi connectivity index (χ1v) is 7.09. The van der Waals surface area contributed by atoms with E-state index in [9.17, 15) is 8.78 Å². The molecule has 124 valence electrons. The topological polar surface area (TPSA) is 77.8 Å². The van der Waals surface area contributed by atoms with Crippen molar-refractivity contribution in [1.82, 2.24) is 24.7 Å². The molecule has 0 saturated heterocycles. The van der Waals surface area contributed by atoms with Crippen molar-refractivity contribution in [1.29, 1.82) is 0 Å². The maximum atomic E-state index is 12.3. The number of nitrogens with one attached hydrogen (secondary N) is 1. The van der Waals surface area contributed by atoms with Gasteiger partial charge < -0.3 is 10.1 Å². The van der Waals surface area contributed by atoms with Crippen molar-refractivity contribution in [3.8, 4) is 17.1 Å². The van der Waals surface area contributed by atoms with Crippen LogP contribution in [0.4, 0.5) is 20.4 Å². The molecule has 0 fully saturated rings. The largest absolute Gasteiger partial charge is 0.435 e. The Morgan fingerprint density at radius 2 is 2.08 bits per heavy atom. The van der Waals surface area contributed by atoms with E-state index in [-0.39, 0.29) is 16.7 Å². The molecule has 0 unspecified atom stereocenters. The van der Waals surface area contributed by atoms with Gasteiger partial charge in [0.15, 0.2) is 5.82 Å². The van der Waals surface area contributed by atoms with Crippen molar-refractivity contribution in [3.63, 3.8) is 0 Å². The average Bonchev–Trinajstić information content (AvgIpc) is 2.93. The van der Waals surface area contributed by atoms with Gasteiger partial charge in [-0.25, -0.2) is 15.0 Å². The number of pyridine rings is 1. The molecular formula is C14H11ClF2N6O. The summed E-state index contributed by atoms with van der Waals surface area (Å²) in [6.07, 6.45) is 4.68. The number of aryl methyl sites for hydroxylation is 1. The Kier molecular flexibility index (Phi) is 4.52. The molecule has 10 heteroatoms. The van der Waals surface area contributed by atoms with Crippen molar-refractivity contribution in [3.05, 3.63) is 41.9 Å². The number of nitrogens with zero attached hydrogens (tertiary/aromatic N) is 5. The van der Waals surface area contributed by atoms with Gasteiger partial charge in [0.2, 0.25) is 0 Å². The van der Waals surface area contributed by atoms with Gasteiger partial charge in [-0.05, 0) is 6.07 Å². The summed E-state index contributed by atoms with van der Waals surface area (Å²) in [5.74, 6) is 0.990. The highest BCUT2D eigenvalue weighted by atomic mass is 35.5. The smallest absolute Gasteiger partial charge is 0.387 e. The van der Waals surface area contributed by atoms with E-state index in [2.05, 4.69) is 30.1 Å². The Bertz CT molecular complexity index is 857. The molecule has 3 aromatic rings. The quantitative estimate of drug-likeness (QED) is 0.710. The van der Waals surface area contributed by atoms with Gasteiger partial charge >= 0.3 is 6.61 Å². The Labute approximate surface area is 140 Å². The van der Waals surface area contributed by atoms with Gasteiger partial charge in [-0.3, -0.25) is 4.68 Å². The van der Waals surface area contributed by atoms with E-state index in [1.807, 2.05) is 0 Å². The lowest BCUT2D eigenvalue weighted by atomic mass is 10.3. The second kappa shape index (κ2) is 6.75. The van der Waals surface area contributed by atoms with Crippen LogP contribution in [0, 0.1) is 0 Å². The zero-order valence-corrected chi connectivity index (χ0v) is 13.1. The fraction of sp³-hybridized carbons (Fsp3) is 0.143. The lowest BCUT2D eigenvalue weighted by Gasteiger charge is -2.08. The number of ether oxygens (including phenoxy) is 1. The lowest BCUT2D eigenvalue weighted by Crippen LogP contribution is -2.03. The van der Waals surface area contributed by atoms with Crippen molar-refractivity contribution in [2.24, 2.45) is 7.05 Å². The molecule has 0 aliphatic rings. The molecule has 3 rings (SSSR count). The summed E-state index contributed by atoms with van der Waals surface area (Å²) in [6.45, 7) is -2.91. The van der Waals surface area contributed by atoms with Crippen LogP contribution in [-0.4, -0.2) is 31.3 Å². The standard InChI is InChI=1S/C14H11ClF2N6O/c1-23-7-8(6-19-23)13-20-10(15)5-12(22-13)21-11-4-9(2-3-18-11)24-14(16)17/h2-7,14H,1H3,(H,18,20,21,22). The first kappa shape index (κ1) is 16.1. The number of aromatic nitrogens is 5. The summed E-state index contributed by atoms with van der Waals surface area (Å²) in [4.78, 5) is 12.5. The second-order valence-electron chi connectivity index (χ2n) is 4.68. The fourth-order valence-electron chi connectivity index (χ4n) is 1.93. The van der Waals surface area contributed by atoms with Crippen LogP contribution in [0.2, 0.25) is 5.15 Å². The highest BCUT2D eigenvalue weighted by Crippen LogP contribution is 2.23. The summed E-state index contributed by atoms with van der Waals surface area (Å²) >= 11 is 6.01. The Hall–Kier alpha value is -2.81. The Balaban J connectivity index is 1.86. The third-order valence-corrected chi connectivity index (χ3v) is 3.06. The molecule has 0 spiro atoms. The van der Waals surface area contributed by atoms with Crippen LogP contribution in [0.5, 0.6) is 5.75 Å². The monoisotopic (exact) mass is 352 g/mol. The molecule has 0 atom stereocenters. The van der Waals surface area contributed by atoms with Crippen LogP contribution < -0.4 is 10.1 Å². The van der Waals surface area contributed by atoms with Gasteiger partial charge in [-0.2, -0.15) is 13.9 Å². The maximum absolute atomic E-state index is 12.3. The zero-order valence-electron chi connectivity index (χ0n) is 12.3. The van der Waals surface area contributed by atoms with E-state index in [4.69, 9.17) is 11.6 Å². The minimum Gasteiger partial charge on any atom is -0.435 e. The van der Waals surface area contributed by atoms with Gasteiger partial charge in [-0.15, -0.1) is 0 Å². The van der Waals surface area contributed by atoms with Gasteiger partial charge in [0.1, 0.15) is 22.5 Å². The normalized spacial score (nSPS) is 10.9. The number of hydrogen-bond donors (Lipinski definition) is 1. The summed E-state index contributed by atoms with van der Waals surface area (Å²) in [6, 6.07) is 4.14. The Morgan fingerprint density at radius 1 is 1.25 bits per heavy atom. The molecule has 0 saturated carbocycles. The van der Waals surface area contributed by atoms with Crippen LogP contribution in [-0.2, 0) is 7.05 Å². The predicted octanol–water partition coefficient (Wildman–Crippen LogP) is 3.27. The van der Waals surface area contributed by atoms with E-state index in [1.165, 1.54) is 24.4 Å². The van der Waals surface area contributed by atoms with Crippen molar-refractivity contribution < 1.29 is 13.5 Å². The predicted molar refractivity (Wildman–Crippen MR) is 83.4 cm³/mol. The van der Waals surface area contributed by atoms with Gasteiger partial charge in [-0.1, -0.05) is 11.6 Å². The lowest BCUT2D eigenvalue weighted by molar-refractivity contribution is -0.0498. The number of rotatable bonds is 5. The summed E-state index contributed by atoms with van der Waals surface area (Å²) < 4.78 is 30.5. The third kappa shape index (κ3) is 3.93. The Morgan fingerprint density at radius 3 is 2.79 bits per heavy atom. The molecular weight excluding hydrogens is 342 g/mol. The summed E-state index contributed by atoms with van der Waals surface area (Å²) in [5, 5.41) is 7.14. The van der Waals surface area contributed by atoms with Gasteiger partial charge in [0.05, 0.1) is 11.8 Å². The molecule has 0 aromatic carbocycles. The first-order chi connectivity index (χ1) is 11.5. The number of halogens is 3. The summed E-state index contributed by atoms with van der Waals surface area (Å²) in [7, 11) is 1.77. The number of alkyl halides is 2.